The van der Waals surface area contributed by atoms with E-state index in [0.29, 0.717) is 6.04 Å². The van der Waals surface area contributed by atoms with Gasteiger partial charge in [-0.1, -0.05) is 47.5 Å². The molecule has 1 atom stereocenters. The summed E-state index contributed by atoms with van der Waals surface area (Å²) in [7, 11) is 0. The second kappa shape index (κ2) is 5.66. The molecule has 1 saturated carbocycles. The van der Waals surface area contributed by atoms with E-state index in [-0.39, 0.29) is 16.4 Å². The zero-order valence-electron chi connectivity index (χ0n) is 14.8. The van der Waals surface area contributed by atoms with Gasteiger partial charge in [-0.05, 0) is 32.1 Å². The zero-order chi connectivity index (χ0) is 15.9. The van der Waals surface area contributed by atoms with E-state index < -0.39 is 0 Å². The van der Waals surface area contributed by atoms with Crippen LogP contribution in [0.2, 0.25) is 0 Å². The molecule has 1 aromatic rings. The van der Waals surface area contributed by atoms with Crippen LogP contribution in [0.1, 0.15) is 84.9 Å². The maximum absolute atomic E-state index is 5.08. The summed E-state index contributed by atoms with van der Waals surface area (Å²) >= 11 is 1.85. The fraction of sp³-hybridized carbons (Fsp3) is 0.833. The van der Waals surface area contributed by atoms with Gasteiger partial charge in [0, 0.05) is 16.8 Å². The van der Waals surface area contributed by atoms with Crippen molar-refractivity contribution in [3.05, 3.63) is 16.1 Å². The van der Waals surface area contributed by atoms with Crippen molar-refractivity contribution < 1.29 is 0 Å². The van der Waals surface area contributed by atoms with Gasteiger partial charge in [-0.3, -0.25) is 0 Å². The van der Waals surface area contributed by atoms with Gasteiger partial charge in [0.2, 0.25) is 0 Å². The van der Waals surface area contributed by atoms with E-state index in [1.807, 2.05) is 11.3 Å². The van der Waals surface area contributed by atoms with Gasteiger partial charge in [0.1, 0.15) is 5.01 Å². The molecule has 0 aromatic carbocycles. The SMILES string of the molecule is CC(C)NC1(c2nc(C(C)(C)C)cs2)CCCCC1(C)C. The molecule has 0 bridgehead atoms. The third kappa shape index (κ3) is 3.19. The van der Waals surface area contributed by atoms with Gasteiger partial charge < -0.3 is 5.32 Å². The molecule has 1 fully saturated rings. The minimum Gasteiger partial charge on any atom is -0.303 e. The number of aromatic nitrogens is 1. The Morgan fingerprint density at radius 3 is 2.29 bits per heavy atom. The standard InChI is InChI=1S/C18H32N2S/c1-13(2)20-18(11-9-8-10-17(18,6)7)15-19-14(12-21-15)16(3,4)5/h12-13,20H,8-11H2,1-7H3. The third-order valence-electron chi connectivity index (χ3n) is 4.93. The second-order valence-electron chi connectivity index (χ2n) is 8.58. The van der Waals surface area contributed by atoms with Crippen LogP contribution in [0.3, 0.4) is 0 Å². The normalized spacial score (nSPS) is 26.3. The molecule has 0 saturated heterocycles. The van der Waals surface area contributed by atoms with Gasteiger partial charge in [0.15, 0.2) is 0 Å². The number of nitrogens with zero attached hydrogens (tertiary/aromatic N) is 1. The predicted octanol–water partition coefficient (Wildman–Crippen LogP) is 5.23. The Balaban J connectivity index is 2.47. The highest BCUT2D eigenvalue weighted by atomic mass is 32.1. The summed E-state index contributed by atoms with van der Waals surface area (Å²) < 4.78 is 0. The minimum atomic E-state index is 0.0353. The van der Waals surface area contributed by atoms with Crippen LogP contribution in [0.25, 0.3) is 0 Å². The zero-order valence-corrected chi connectivity index (χ0v) is 15.7. The van der Waals surface area contributed by atoms with Crippen molar-refractivity contribution in [1.29, 1.82) is 0 Å². The fourth-order valence-corrected chi connectivity index (χ4v) is 4.96. The molecule has 1 aliphatic carbocycles. The van der Waals surface area contributed by atoms with Crippen LogP contribution in [0.15, 0.2) is 5.38 Å². The monoisotopic (exact) mass is 308 g/mol. The van der Waals surface area contributed by atoms with Crippen molar-refractivity contribution >= 4 is 11.3 Å². The summed E-state index contributed by atoms with van der Waals surface area (Å²) in [5.74, 6) is 0. The number of rotatable bonds is 3. The highest BCUT2D eigenvalue weighted by Crippen LogP contribution is 2.51. The molecule has 0 aliphatic heterocycles. The molecule has 1 aromatic heterocycles. The van der Waals surface area contributed by atoms with Crippen LogP contribution in [-0.4, -0.2) is 11.0 Å². The summed E-state index contributed by atoms with van der Waals surface area (Å²) in [5.41, 5.74) is 1.65. The Morgan fingerprint density at radius 1 is 1.19 bits per heavy atom. The van der Waals surface area contributed by atoms with Gasteiger partial charge in [0.25, 0.3) is 0 Å². The maximum atomic E-state index is 5.08. The fourth-order valence-electron chi connectivity index (χ4n) is 3.54. The first kappa shape index (κ1) is 17.0. The molecular formula is C18H32N2S. The predicted molar refractivity (Wildman–Crippen MR) is 93.0 cm³/mol. The quantitative estimate of drug-likeness (QED) is 0.826. The lowest BCUT2D eigenvalue weighted by molar-refractivity contribution is 0.0509. The van der Waals surface area contributed by atoms with E-state index in [0.717, 1.165) is 0 Å². The van der Waals surface area contributed by atoms with Crippen molar-refractivity contribution in [1.82, 2.24) is 10.3 Å². The number of hydrogen-bond acceptors (Lipinski definition) is 3. The van der Waals surface area contributed by atoms with E-state index in [9.17, 15) is 0 Å². The van der Waals surface area contributed by atoms with Gasteiger partial charge in [0.05, 0.1) is 11.2 Å². The molecule has 2 rings (SSSR count). The van der Waals surface area contributed by atoms with E-state index in [4.69, 9.17) is 4.98 Å². The molecule has 120 valence electrons. The topological polar surface area (TPSA) is 24.9 Å². The lowest BCUT2D eigenvalue weighted by Crippen LogP contribution is -2.57. The van der Waals surface area contributed by atoms with Crippen molar-refractivity contribution in [2.75, 3.05) is 0 Å². The van der Waals surface area contributed by atoms with E-state index >= 15 is 0 Å². The first-order chi connectivity index (χ1) is 9.58. The lowest BCUT2D eigenvalue weighted by atomic mass is 9.63. The van der Waals surface area contributed by atoms with Gasteiger partial charge >= 0.3 is 0 Å². The summed E-state index contributed by atoms with van der Waals surface area (Å²) in [6, 6.07) is 0.476. The first-order valence-corrected chi connectivity index (χ1v) is 9.21. The highest BCUT2D eigenvalue weighted by Gasteiger charge is 2.50. The second-order valence-corrected chi connectivity index (χ2v) is 9.44. The Kier molecular flexibility index (Phi) is 4.57. The Hall–Kier alpha value is -0.410. The average molecular weight is 309 g/mol. The van der Waals surface area contributed by atoms with Gasteiger partial charge in [-0.15, -0.1) is 11.3 Å². The van der Waals surface area contributed by atoms with Crippen LogP contribution < -0.4 is 5.32 Å². The molecule has 21 heavy (non-hydrogen) atoms. The van der Waals surface area contributed by atoms with Gasteiger partial charge in [-0.2, -0.15) is 0 Å². The Bertz CT molecular complexity index is 482. The minimum absolute atomic E-state index is 0.0353. The van der Waals surface area contributed by atoms with E-state index in [2.05, 4.69) is 59.2 Å². The first-order valence-electron chi connectivity index (χ1n) is 8.33. The molecule has 1 N–H and O–H groups in total. The lowest BCUT2D eigenvalue weighted by Gasteiger charge is -2.50. The van der Waals surface area contributed by atoms with Crippen molar-refractivity contribution in [3.63, 3.8) is 0 Å². The van der Waals surface area contributed by atoms with Crippen molar-refractivity contribution in [3.8, 4) is 0 Å². The molecule has 1 aliphatic rings. The molecule has 3 heteroatoms. The molecule has 1 heterocycles. The molecular weight excluding hydrogens is 276 g/mol. The number of hydrogen-bond donors (Lipinski definition) is 1. The van der Waals surface area contributed by atoms with E-state index in [1.54, 1.807) is 0 Å². The van der Waals surface area contributed by atoms with Gasteiger partial charge in [-0.25, -0.2) is 4.98 Å². The van der Waals surface area contributed by atoms with Crippen LogP contribution in [-0.2, 0) is 11.0 Å². The number of thiazole rings is 1. The smallest absolute Gasteiger partial charge is 0.114 e. The Morgan fingerprint density at radius 2 is 1.81 bits per heavy atom. The molecule has 0 radical (unpaired) electrons. The van der Waals surface area contributed by atoms with E-state index in [1.165, 1.54) is 36.4 Å². The van der Waals surface area contributed by atoms with Crippen LogP contribution in [0.4, 0.5) is 0 Å². The van der Waals surface area contributed by atoms with Crippen LogP contribution >= 0.6 is 11.3 Å². The van der Waals surface area contributed by atoms with Crippen LogP contribution in [0.5, 0.6) is 0 Å². The van der Waals surface area contributed by atoms with Crippen molar-refractivity contribution in [2.45, 2.75) is 91.1 Å². The highest BCUT2D eigenvalue weighted by molar-refractivity contribution is 7.09. The third-order valence-corrected chi connectivity index (χ3v) is 5.94. The summed E-state index contributed by atoms with van der Waals surface area (Å²) in [5, 5.41) is 7.48. The molecule has 1 unspecified atom stereocenters. The summed E-state index contributed by atoms with van der Waals surface area (Å²) in [6.07, 6.45) is 5.12. The maximum Gasteiger partial charge on any atom is 0.114 e. The molecule has 0 amide bonds. The largest absolute Gasteiger partial charge is 0.303 e. The summed E-state index contributed by atoms with van der Waals surface area (Å²) in [4.78, 5) is 5.08. The number of nitrogens with one attached hydrogen (secondary N) is 1. The van der Waals surface area contributed by atoms with Crippen LogP contribution in [0, 0.1) is 5.41 Å². The Labute approximate surface area is 134 Å². The average Bonchev–Trinajstić information content (AvgIpc) is 2.80. The molecule has 0 spiro atoms. The molecule has 2 nitrogen and oxygen atoms in total. The summed E-state index contributed by atoms with van der Waals surface area (Å²) in [6.45, 7) is 16.1. The van der Waals surface area contributed by atoms with Crippen molar-refractivity contribution in [2.24, 2.45) is 5.41 Å².